The molecule has 162 valence electrons. The fourth-order valence-corrected chi connectivity index (χ4v) is 4.25. The van der Waals surface area contributed by atoms with Crippen LogP contribution < -0.4 is 20.9 Å². The second-order valence-corrected chi connectivity index (χ2v) is 8.18. The minimum absolute atomic E-state index is 0.108. The Morgan fingerprint density at radius 1 is 1.29 bits per heavy atom. The van der Waals surface area contributed by atoms with Crippen LogP contribution in [-0.4, -0.2) is 54.9 Å². The zero-order valence-corrected chi connectivity index (χ0v) is 17.8. The second-order valence-electron chi connectivity index (χ2n) is 7.16. The molecule has 3 N–H and O–H groups in total. The number of carbonyl (C=O) groups is 3. The van der Waals surface area contributed by atoms with Gasteiger partial charge in [-0.1, -0.05) is 12.1 Å². The first-order valence-electron chi connectivity index (χ1n) is 10.0. The number of hydrogen-bond acceptors (Lipinski definition) is 7. The number of nitrogens with one attached hydrogen (secondary N) is 3. The van der Waals surface area contributed by atoms with E-state index in [4.69, 9.17) is 4.74 Å². The Bertz CT molecular complexity index is 1020. The fourth-order valence-electron chi connectivity index (χ4n) is 3.49. The van der Waals surface area contributed by atoms with Crippen molar-refractivity contribution in [2.75, 3.05) is 41.4 Å². The molecule has 2 aromatic rings. The lowest BCUT2D eigenvalue weighted by molar-refractivity contribution is -0.113. The van der Waals surface area contributed by atoms with Crippen LogP contribution in [0.25, 0.3) is 0 Å². The molecule has 1 unspecified atom stereocenters. The number of pyridine rings is 1. The molecule has 0 bridgehead atoms. The van der Waals surface area contributed by atoms with Crippen LogP contribution in [0.4, 0.5) is 22.1 Å². The first kappa shape index (κ1) is 21.0. The van der Waals surface area contributed by atoms with Gasteiger partial charge in [-0.3, -0.25) is 14.5 Å². The monoisotopic (exact) mass is 441 g/mol. The highest BCUT2D eigenvalue weighted by atomic mass is 32.2. The van der Waals surface area contributed by atoms with Gasteiger partial charge in [0.1, 0.15) is 17.7 Å². The predicted octanol–water partition coefficient (Wildman–Crippen LogP) is 2.70. The van der Waals surface area contributed by atoms with Crippen LogP contribution >= 0.6 is 11.8 Å². The molecule has 1 aromatic heterocycles. The Morgan fingerprint density at radius 2 is 2.13 bits per heavy atom. The van der Waals surface area contributed by atoms with E-state index in [0.29, 0.717) is 48.9 Å². The van der Waals surface area contributed by atoms with Crippen LogP contribution in [0.1, 0.15) is 23.2 Å². The van der Waals surface area contributed by atoms with Crippen molar-refractivity contribution in [3.63, 3.8) is 0 Å². The molecule has 0 aliphatic carbocycles. The SMILES string of the molecule is CNc1ccccc1C(=O)NCCCC1CN(c2ccc3c(n2)NC(=O)CS3)C(=O)O1. The molecule has 2 aliphatic rings. The Labute approximate surface area is 183 Å². The molecule has 9 nitrogen and oxygen atoms in total. The number of para-hydroxylation sites is 1. The van der Waals surface area contributed by atoms with Crippen molar-refractivity contribution in [3.05, 3.63) is 42.0 Å². The molecule has 10 heteroatoms. The van der Waals surface area contributed by atoms with Gasteiger partial charge in [0.2, 0.25) is 5.91 Å². The van der Waals surface area contributed by atoms with Crippen LogP contribution in [0.15, 0.2) is 41.3 Å². The number of benzene rings is 1. The zero-order valence-electron chi connectivity index (χ0n) is 17.0. The Balaban J connectivity index is 1.28. The largest absolute Gasteiger partial charge is 0.444 e. The molecular weight excluding hydrogens is 418 g/mol. The normalized spacial score (nSPS) is 17.6. The molecule has 1 atom stereocenters. The van der Waals surface area contributed by atoms with Gasteiger partial charge >= 0.3 is 6.09 Å². The van der Waals surface area contributed by atoms with Gasteiger partial charge in [0.05, 0.1) is 22.8 Å². The summed E-state index contributed by atoms with van der Waals surface area (Å²) in [5.41, 5.74) is 1.36. The van der Waals surface area contributed by atoms with Crippen molar-refractivity contribution in [2.24, 2.45) is 0 Å². The summed E-state index contributed by atoms with van der Waals surface area (Å²) in [6.45, 7) is 0.855. The van der Waals surface area contributed by atoms with Gasteiger partial charge in [0, 0.05) is 19.3 Å². The average Bonchev–Trinajstić information content (AvgIpc) is 3.16. The number of nitrogens with zero attached hydrogens (tertiary/aromatic N) is 2. The van der Waals surface area contributed by atoms with Crippen molar-refractivity contribution in [3.8, 4) is 0 Å². The maximum Gasteiger partial charge on any atom is 0.415 e. The molecule has 0 spiro atoms. The minimum atomic E-state index is -0.459. The Kier molecular flexibility index (Phi) is 6.26. The quantitative estimate of drug-likeness (QED) is 0.566. The van der Waals surface area contributed by atoms with E-state index in [2.05, 4.69) is 20.9 Å². The molecule has 31 heavy (non-hydrogen) atoms. The number of carbonyl (C=O) groups excluding carboxylic acids is 3. The number of amides is 3. The standard InChI is InChI=1S/C21H23N5O4S/c1-22-15-7-3-2-6-14(15)20(28)23-10-4-5-13-11-26(21(29)30-13)17-9-8-16-19(24-17)25-18(27)12-31-16/h2-3,6-9,13,22H,4-5,10-12H2,1H3,(H,23,28)(H,24,25,27). The molecule has 2 aliphatic heterocycles. The summed E-state index contributed by atoms with van der Waals surface area (Å²) in [5.74, 6) is 1.03. The number of rotatable bonds is 7. The first-order valence-corrected chi connectivity index (χ1v) is 11.0. The molecule has 3 heterocycles. The lowest BCUT2D eigenvalue weighted by Gasteiger charge is -2.18. The number of fused-ring (bicyclic) bond motifs is 1. The number of hydrogen-bond donors (Lipinski definition) is 3. The van der Waals surface area contributed by atoms with Gasteiger partial charge < -0.3 is 20.7 Å². The average molecular weight is 442 g/mol. The van der Waals surface area contributed by atoms with E-state index >= 15 is 0 Å². The number of thioether (sulfide) groups is 1. The third-order valence-corrected chi connectivity index (χ3v) is 6.09. The third kappa shape index (κ3) is 4.74. The van der Waals surface area contributed by atoms with E-state index in [1.807, 2.05) is 24.3 Å². The van der Waals surface area contributed by atoms with Gasteiger partial charge in [-0.05, 0) is 37.1 Å². The van der Waals surface area contributed by atoms with Crippen molar-refractivity contribution < 1.29 is 19.1 Å². The Morgan fingerprint density at radius 3 is 2.97 bits per heavy atom. The van der Waals surface area contributed by atoms with E-state index in [-0.39, 0.29) is 17.9 Å². The molecule has 0 radical (unpaired) electrons. The Hall–Kier alpha value is -3.27. The molecule has 1 aromatic carbocycles. The molecule has 0 saturated carbocycles. The lowest BCUT2D eigenvalue weighted by Crippen LogP contribution is -2.28. The predicted molar refractivity (Wildman–Crippen MR) is 119 cm³/mol. The van der Waals surface area contributed by atoms with Gasteiger partial charge in [-0.15, -0.1) is 11.8 Å². The molecule has 1 fully saturated rings. The van der Waals surface area contributed by atoms with E-state index < -0.39 is 6.09 Å². The smallest absolute Gasteiger partial charge is 0.415 e. The minimum Gasteiger partial charge on any atom is -0.444 e. The number of cyclic esters (lactones) is 1. The van der Waals surface area contributed by atoms with Crippen molar-refractivity contribution in [1.82, 2.24) is 10.3 Å². The summed E-state index contributed by atoms with van der Waals surface area (Å²) in [7, 11) is 1.77. The van der Waals surface area contributed by atoms with Crippen LogP contribution in [-0.2, 0) is 9.53 Å². The van der Waals surface area contributed by atoms with Crippen molar-refractivity contribution >= 4 is 47.0 Å². The number of aromatic nitrogens is 1. The summed E-state index contributed by atoms with van der Waals surface area (Å²) in [5, 5.41) is 8.64. The van der Waals surface area contributed by atoms with E-state index in [1.54, 1.807) is 19.2 Å². The maximum atomic E-state index is 12.4. The number of ether oxygens (including phenoxy) is 1. The highest BCUT2D eigenvalue weighted by molar-refractivity contribution is 8.00. The van der Waals surface area contributed by atoms with Gasteiger partial charge in [0.15, 0.2) is 0 Å². The summed E-state index contributed by atoms with van der Waals surface area (Å²) >= 11 is 1.42. The highest BCUT2D eigenvalue weighted by Crippen LogP contribution is 2.32. The third-order valence-electron chi connectivity index (χ3n) is 5.04. The van der Waals surface area contributed by atoms with Crippen molar-refractivity contribution in [1.29, 1.82) is 0 Å². The van der Waals surface area contributed by atoms with Crippen LogP contribution in [0.5, 0.6) is 0 Å². The number of anilines is 3. The molecule has 1 saturated heterocycles. The molecular formula is C21H23N5O4S. The van der Waals surface area contributed by atoms with Gasteiger partial charge in [0.25, 0.3) is 5.91 Å². The maximum absolute atomic E-state index is 12.4. The zero-order chi connectivity index (χ0) is 21.8. The van der Waals surface area contributed by atoms with Crippen molar-refractivity contribution in [2.45, 2.75) is 23.8 Å². The topological polar surface area (TPSA) is 113 Å². The highest BCUT2D eigenvalue weighted by Gasteiger charge is 2.33. The molecule has 4 rings (SSSR count). The summed E-state index contributed by atoms with van der Waals surface area (Å²) in [6, 6.07) is 10.9. The van der Waals surface area contributed by atoms with E-state index in [0.717, 1.165) is 10.6 Å². The summed E-state index contributed by atoms with van der Waals surface area (Å²) < 4.78 is 5.45. The van der Waals surface area contributed by atoms with Crippen LogP contribution in [0.3, 0.4) is 0 Å². The van der Waals surface area contributed by atoms with Gasteiger partial charge in [-0.2, -0.15) is 0 Å². The lowest BCUT2D eigenvalue weighted by atomic mass is 10.1. The van der Waals surface area contributed by atoms with Crippen LogP contribution in [0.2, 0.25) is 0 Å². The van der Waals surface area contributed by atoms with Gasteiger partial charge in [-0.25, -0.2) is 9.78 Å². The van der Waals surface area contributed by atoms with E-state index in [9.17, 15) is 14.4 Å². The fraction of sp³-hybridized carbons (Fsp3) is 0.333. The van der Waals surface area contributed by atoms with E-state index in [1.165, 1.54) is 16.7 Å². The summed E-state index contributed by atoms with van der Waals surface area (Å²) in [4.78, 5) is 43.0. The second kappa shape index (κ2) is 9.25. The summed E-state index contributed by atoms with van der Waals surface area (Å²) in [6.07, 6.45) is 0.548. The molecule has 3 amide bonds. The van der Waals surface area contributed by atoms with Crippen LogP contribution in [0, 0.1) is 0 Å². The first-order chi connectivity index (χ1) is 15.0.